The van der Waals surface area contributed by atoms with Gasteiger partial charge < -0.3 is 5.32 Å². The summed E-state index contributed by atoms with van der Waals surface area (Å²) < 4.78 is 0. The highest BCUT2D eigenvalue weighted by Crippen LogP contribution is 2.15. The van der Waals surface area contributed by atoms with Crippen LogP contribution in [0.1, 0.15) is 21.5 Å². The predicted molar refractivity (Wildman–Crippen MR) is 70.9 cm³/mol. The Kier molecular flexibility index (Phi) is 3.58. The Morgan fingerprint density at radius 2 is 1.89 bits per heavy atom. The summed E-state index contributed by atoms with van der Waals surface area (Å²) in [4.78, 5) is 20.0. The number of halogens is 1. The molecular formula is C13H12ClN3O. The average Bonchev–Trinajstić information content (AvgIpc) is 2.28. The molecule has 92 valence electrons. The van der Waals surface area contributed by atoms with E-state index in [1.807, 2.05) is 32.0 Å². The molecule has 0 radical (unpaired) electrons. The minimum absolute atomic E-state index is 0.206. The molecule has 1 N–H and O–H groups in total. The van der Waals surface area contributed by atoms with Crippen LogP contribution < -0.4 is 5.32 Å². The van der Waals surface area contributed by atoms with Crippen molar-refractivity contribution in [2.24, 2.45) is 0 Å². The SMILES string of the molecule is Cc1cccc(C)c1C(=O)Nc1cncc(Cl)n1. The predicted octanol–water partition coefficient (Wildman–Crippen LogP) is 3.00. The van der Waals surface area contributed by atoms with Gasteiger partial charge >= 0.3 is 0 Å². The molecule has 0 fully saturated rings. The summed E-state index contributed by atoms with van der Waals surface area (Å²) in [5, 5.41) is 2.93. The third-order valence-corrected chi connectivity index (χ3v) is 2.74. The first-order valence-electron chi connectivity index (χ1n) is 5.43. The van der Waals surface area contributed by atoms with Crippen molar-refractivity contribution >= 4 is 23.3 Å². The normalized spacial score (nSPS) is 10.2. The molecule has 2 aromatic rings. The molecule has 5 heteroatoms. The number of carbonyl (C=O) groups excluding carboxylic acids is 1. The van der Waals surface area contributed by atoms with Gasteiger partial charge in [0, 0.05) is 5.56 Å². The molecule has 2 rings (SSSR count). The lowest BCUT2D eigenvalue weighted by Crippen LogP contribution is -2.16. The first-order chi connectivity index (χ1) is 8.58. The highest BCUT2D eigenvalue weighted by Gasteiger charge is 2.12. The standard InChI is InChI=1S/C13H12ClN3O/c1-8-4-3-5-9(2)12(8)13(18)17-11-7-15-6-10(14)16-11/h3-7H,1-2H3,(H,16,17,18). The number of anilines is 1. The average molecular weight is 262 g/mol. The highest BCUT2D eigenvalue weighted by molar-refractivity contribution is 6.29. The second-order valence-electron chi connectivity index (χ2n) is 3.95. The van der Waals surface area contributed by atoms with Crippen molar-refractivity contribution < 1.29 is 4.79 Å². The quantitative estimate of drug-likeness (QED) is 0.904. The second kappa shape index (κ2) is 5.14. The van der Waals surface area contributed by atoms with Crippen molar-refractivity contribution in [1.29, 1.82) is 0 Å². The molecule has 0 unspecified atom stereocenters. The lowest BCUT2D eigenvalue weighted by Gasteiger charge is -2.09. The number of nitrogens with one attached hydrogen (secondary N) is 1. The molecule has 0 atom stereocenters. The fourth-order valence-corrected chi connectivity index (χ4v) is 1.90. The molecule has 1 heterocycles. The van der Waals surface area contributed by atoms with Gasteiger partial charge in [-0.2, -0.15) is 0 Å². The van der Waals surface area contributed by atoms with Gasteiger partial charge in [0.15, 0.2) is 5.82 Å². The van der Waals surface area contributed by atoms with Gasteiger partial charge in [-0.3, -0.25) is 9.78 Å². The zero-order chi connectivity index (χ0) is 13.1. The van der Waals surface area contributed by atoms with E-state index < -0.39 is 0 Å². The molecule has 1 amide bonds. The monoisotopic (exact) mass is 261 g/mol. The van der Waals surface area contributed by atoms with Crippen LogP contribution in [0.4, 0.5) is 5.82 Å². The maximum atomic E-state index is 12.1. The number of aryl methyl sites for hydroxylation is 2. The minimum Gasteiger partial charge on any atom is -0.305 e. The van der Waals surface area contributed by atoms with Crippen molar-refractivity contribution in [1.82, 2.24) is 9.97 Å². The van der Waals surface area contributed by atoms with E-state index in [1.54, 1.807) is 0 Å². The Labute approximate surface area is 110 Å². The van der Waals surface area contributed by atoms with Gasteiger partial charge in [0.1, 0.15) is 5.15 Å². The number of hydrogen-bond acceptors (Lipinski definition) is 3. The number of rotatable bonds is 2. The number of hydrogen-bond donors (Lipinski definition) is 1. The lowest BCUT2D eigenvalue weighted by molar-refractivity contribution is 0.102. The fourth-order valence-electron chi connectivity index (χ4n) is 1.75. The third kappa shape index (κ3) is 2.65. The molecule has 0 bridgehead atoms. The van der Waals surface area contributed by atoms with E-state index in [0.29, 0.717) is 11.4 Å². The number of benzene rings is 1. The molecule has 4 nitrogen and oxygen atoms in total. The first kappa shape index (κ1) is 12.5. The minimum atomic E-state index is -0.206. The summed E-state index contributed by atoms with van der Waals surface area (Å²) in [6, 6.07) is 5.71. The highest BCUT2D eigenvalue weighted by atomic mass is 35.5. The summed E-state index contributed by atoms with van der Waals surface area (Å²) in [5.74, 6) is 0.136. The number of amides is 1. The maximum absolute atomic E-state index is 12.1. The van der Waals surface area contributed by atoms with Crippen molar-refractivity contribution in [2.75, 3.05) is 5.32 Å². The van der Waals surface area contributed by atoms with E-state index in [1.165, 1.54) is 12.4 Å². The third-order valence-electron chi connectivity index (χ3n) is 2.55. The Morgan fingerprint density at radius 3 is 2.50 bits per heavy atom. The molecule has 1 aromatic heterocycles. The fraction of sp³-hybridized carbons (Fsp3) is 0.154. The largest absolute Gasteiger partial charge is 0.305 e. The van der Waals surface area contributed by atoms with Crippen LogP contribution in [-0.4, -0.2) is 15.9 Å². The van der Waals surface area contributed by atoms with Crippen molar-refractivity contribution in [2.45, 2.75) is 13.8 Å². The van der Waals surface area contributed by atoms with E-state index in [4.69, 9.17) is 11.6 Å². The van der Waals surface area contributed by atoms with Crippen molar-refractivity contribution in [3.05, 3.63) is 52.4 Å². The van der Waals surface area contributed by atoms with E-state index in [2.05, 4.69) is 15.3 Å². The van der Waals surface area contributed by atoms with Crippen LogP contribution in [0.5, 0.6) is 0 Å². The molecule has 0 saturated carbocycles. The zero-order valence-corrected chi connectivity index (χ0v) is 10.8. The number of carbonyl (C=O) groups is 1. The molecular weight excluding hydrogens is 250 g/mol. The van der Waals surface area contributed by atoms with Gasteiger partial charge in [-0.25, -0.2) is 4.98 Å². The summed E-state index contributed by atoms with van der Waals surface area (Å²) in [7, 11) is 0. The maximum Gasteiger partial charge on any atom is 0.257 e. The number of aromatic nitrogens is 2. The Balaban J connectivity index is 2.28. The number of nitrogens with zero attached hydrogens (tertiary/aromatic N) is 2. The summed E-state index contributed by atoms with van der Waals surface area (Å²) >= 11 is 5.71. The smallest absolute Gasteiger partial charge is 0.257 e. The topological polar surface area (TPSA) is 54.9 Å². The zero-order valence-electron chi connectivity index (χ0n) is 10.1. The van der Waals surface area contributed by atoms with E-state index in [-0.39, 0.29) is 11.1 Å². The molecule has 0 aliphatic rings. The van der Waals surface area contributed by atoms with Crippen LogP contribution in [0.3, 0.4) is 0 Å². The van der Waals surface area contributed by atoms with Gasteiger partial charge in [-0.05, 0) is 25.0 Å². The summed E-state index contributed by atoms with van der Waals surface area (Å²) in [6.45, 7) is 3.79. The van der Waals surface area contributed by atoms with E-state index in [0.717, 1.165) is 11.1 Å². The van der Waals surface area contributed by atoms with Crippen LogP contribution >= 0.6 is 11.6 Å². The van der Waals surface area contributed by atoms with Gasteiger partial charge in [0.05, 0.1) is 12.4 Å². The van der Waals surface area contributed by atoms with Crippen molar-refractivity contribution in [3.8, 4) is 0 Å². The van der Waals surface area contributed by atoms with E-state index in [9.17, 15) is 4.79 Å². The second-order valence-corrected chi connectivity index (χ2v) is 4.34. The summed E-state index contributed by atoms with van der Waals surface area (Å²) in [5.41, 5.74) is 2.49. The Morgan fingerprint density at radius 1 is 1.22 bits per heavy atom. The van der Waals surface area contributed by atoms with Gasteiger partial charge in [0.2, 0.25) is 0 Å². The molecule has 0 aliphatic carbocycles. The van der Waals surface area contributed by atoms with Gasteiger partial charge in [-0.15, -0.1) is 0 Å². The summed E-state index contributed by atoms with van der Waals surface area (Å²) in [6.07, 6.45) is 2.87. The lowest BCUT2D eigenvalue weighted by atomic mass is 10.0. The molecule has 1 aromatic carbocycles. The Bertz CT molecular complexity index is 578. The molecule has 0 aliphatic heterocycles. The molecule has 0 saturated heterocycles. The van der Waals surface area contributed by atoms with Crippen molar-refractivity contribution in [3.63, 3.8) is 0 Å². The van der Waals surface area contributed by atoms with Crippen LogP contribution in [-0.2, 0) is 0 Å². The van der Waals surface area contributed by atoms with Crippen LogP contribution in [0.15, 0.2) is 30.6 Å². The van der Waals surface area contributed by atoms with Gasteiger partial charge in [-0.1, -0.05) is 29.8 Å². The molecule has 18 heavy (non-hydrogen) atoms. The van der Waals surface area contributed by atoms with Crippen LogP contribution in [0, 0.1) is 13.8 Å². The van der Waals surface area contributed by atoms with Crippen LogP contribution in [0.2, 0.25) is 5.15 Å². The van der Waals surface area contributed by atoms with Crippen LogP contribution in [0.25, 0.3) is 0 Å². The van der Waals surface area contributed by atoms with Gasteiger partial charge in [0.25, 0.3) is 5.91 Å². The first-order valence-corrected chi connectivity index (χ1v) is 5.81. The van der Waals surface area contributed by atoms with E-state index >= 15 is 0 Å². The Hall–Kier alpha value is -1.94. The molecule has 0 spiro atoms.